The Morgan fingerprint density at radius 2 is 1.73 bits per heavy atom. The van der Waals surface area contributed by atoms with Crippen LogP contribution in [0, 0.1) is 11.8 Å². The number of nitrogens with one attached hydrogen (secondary N) is 1. The fourth-order valence-electron chi connectivity index (χ4n) is 1.47. The van der Waals surface area contributed by atoms with Gasteiger partial charge in [0.25, 0.3) is 0 Å². The first-order valence-corrected chi connectivity index (χ1v) is 7.58. The van der Waals surface area contributed by atoms with Gasteiger partial charge in [0, 0.05) is 11.8 Å². The maximum absolute atomic E-state index is 3.67. The highest BCUT2D eigenvalue weighted by molar-refractivity contribution is 7.99. The highest BCUT2D eigenvalue weighted by atomic mass is 32.2. The van der Waals surface area contributed by atoms with Gasteiger partial charge in [-0.2, -0.15) is 11.8 Å². The minimum atomic E-state index is 0.707. The van der Waals surface area contributed by atoms with Gasteiger partial charge >= 0.3 is 0 Å². The highest BCUT2D eigenvalue weighted by Crippen LogP contribution is 2.15. The number of hydrogen-bond donors (Lipinski definition) is 1. The van der Waals surface area contributed by atoms with E-state index in [0.717, 1.165) is 18.4 Å². The second-order valence-electron chi connectivity index (χ2n) is 4.88. The van der Waals surface area contributed by atoms with Crippen LogP contribution in [0.3, 0.4) is 0 Å². The maximum atomic E-state index is 3.67. The van der Waals surface area contributed by atoms with Crippen LogP contribution in [0.1, 0.15) is 47.5 Å². The Kier molecular flexibility index (Phi) is 9.73. The summed E-state index contributed by atoms with van der Waals surface area (Å²) in [5.74, 6) is 4.18. The number of thioether (sulfide) groups is 1. The van der Waals surface area contributed by atoms with Crippen molar-refractivity contribution in [2.24, 2.45) is 11.8 Å². The Balaban J connectivity index is 3.79. The van der Waals surface area contributed by atoms with E-state index in [1.165, 1.54) is 24.3 Å². The van der Waals surface area contributed by atoms with E-state index in [1.54, 1.807) is 0 Å². The van der Waals surface area contributed by atoms with Gasteiger partial charge < -0.3 is 5.32 Å². The Labute approximate surface area is 101 Å². The van der Waals surface area contributed by atoms with E-state index in [1.807, 2.05) is 0 Å². The topological polar surface area (TPSA) is 12.0 Å². The monoisotopic (exact) mass is 231 g/mol. The summed E-state index contributed by atoms with van der Waals surface area (Å²) >= 11 is 2.10. The fourth-order valence-corrected chi connectivity index (χ4v) is 2.78. The summed E-state index contributed by atoms with van der Waals surface area (Å²) in [6.07, 6.45) is 2.52. The molecule has 0 radical (unpaired) electrons. The molecule has 0 saturated heterocycles. The fraction of sp³-hybridized carbons (Fsp3) is 1.00. The molecule has 2 unspecified atom stereocenters. The summed E-state index contributed by atoms with van der Waals surface area (Å²) in [6.45, 7) is 12.6. The quantitative estimate of drug-likeness (QED) is 0.648. The minimum absolute atomic E-state index is 0.707. The molecular weight excluding hydrogens is 202 g/mol. The lowest BCUT2D eigenvalue weighted by molar-refractivity contribution is 0.397. The molecule has 0 aliphatic rings. The molecule has 0 amide bonds. The standard InChI is InChI=1S/C13H29NS/c1-6-8-14-13(12(5)7-2)10-15-9-11(3)4/h11-14H,6-10H2,1-5H3. The number of rotatable bonds is 9. The lowest BCUT2D eigenvalue weighted by Crippen LogP contribution is -2.37. The summed E-state index contributed by atoms with van der Waals surface area (Å²) in [7, 11) is 0. The molecule has 92 valence electrons. The molecule has 15 heavy (non-hydrogen) atoms. The van der Waals surface area contributed by atoms with Crippen LogP contribution in [-0.4, -0.2) is 24.1 Å². The predicted octanol–water partition coefficient (Wildman–Crippen LogP) is 3.79. The lowest BCUT2D eigenvalue weighted by atomic mass is 10.0. The molecule has 0 aliphatic heterocycles. The second kappa shape index (κ2) is 9.53. The molecular formula is C13H29NS. The van der Waals surface area contributed by atoms with Crippen LogP contribution in [0.25, 0.3) is 0 Å². The highest BCUT2D eigenvalue weighted by Gasteiger charge is 2.14. The molecule has 0 aromatic heterocycles. The first-order valence-electron chi connectivity index (χ1n) is 6.42. The van der Waals surface area contributed by atoms with Gasteiger partial charge in [-0.05, 0) is 30.6 Å². The third-order valence-corrected chi connectivity index (χ3v) is 4.23. The molecule has 2 heteroatoms. The van der Waals surface area contributed by atoms with Crippen molar-refractivity contribution in [2.75, 3.05) is 18.1 Å². The molecule has 0 heterocycles. The van der Waals surface area contributed by atoms with E-state index >= 15 is 0 Å². The van der Waals surface area contributed by atoms with Crippen LogP contribution in [0.5, 0.6) is 0 Å². The normalized spacial score (nSPS) is 15.6. The first-order chi connectivity index (χ1) is 7.11. The molecule has 0 fully saturated rings. The van der Waals surface area contributed by atoms with Gasteiger partial charge in [-0.1, -0.05) is 41.0 Å². The Bertz CT molecular complexity index is 136. The van der Waals surface area contributed by atoms with Crippen LogP contribution < -0.4 is 5.32 Å². The number of hydrogen-bond acceptors (Lipinski definition) is 2. The van der Waals surface area contributed by atoms with Crippen molar-refractivity contribution >= 4 is 11.8 Å². The van der Waals surface area contributed by atoms with Crippen molar-refractivity contribution in [3.8, 4) is 0 Å². The molecule has 0 bridgehead atoms. The Morgan fingerprint density at radius 1 is 1.07 bits per heavy atom. The zero-order valence-electron chi connectivity index (χ0n) is 11.2. The molecule has 0 aromatic rings. The van der Waals surface area contributed by atoms with Crippen molar-refractivity contribution < 1.29 is 0 Å². The van der Waals surface area contributed by atoms with Gasteiger partial charge in [0.05, 0.1) is 0 Å². The van der Waals surface area contributed by atoms with E-state index in [9.17, 15) is 0 Å². The minimum Gasteiger partial charge on any atom is -0.313 e. The first kappa shape index (κ1) is 15.3. The zero-order chi connectivity index (χ0) is 11.7. The van der Waals surface area contributed by atoms with Crippen LogP contribution in [0.4, 0.5) is 0 Å². The van der Waals surface area contributed by atoms with Crippen LogP contribution in [0.15, 0.2) is 0 Å². The smallest absolute Gasteiger partial charge is 0.0183 e. The van der Waals surface area contributed by atoms with Gasteiger partial charge in [-0.3, -0.25) is 0 Å². The van der Waals surface area contributed by atoms with Crippen molar-refractivity contribution in [3.05, 3.63) is 0 Å². The van der Waals surface area contributed by atoms with E-state index in [-0.39, 0.29) is 0 Å². The van der Waals surface area contributed by atoms with E-state index in [2.05, 4.69) is 51.7 Å². The van der Waals surface area contributed by atoms with Crippen molar-refractivity contribution in [1.82, 2.24) is 5.32 Å². The molecule has 0 spiro atoms. The van der Waals surface area contributed by atoms with Crippen molar-refractivity contribution in [3.63, 3.8) is 0 Å². The molecule has 2 atom stereocenters. The van der Waals surface area contributed by atoms with Crippen LogP contribution in [-0.2, 0) is 0 Å². The largest absolute Gasteiger partial charge is 0.313 e. The lowest BCUT2D eigenvalue weighted by Gasteiger charge is -2.24. The average Bonchev–Trinajstić information content (AvgIpc) is 2.21. The summed E-state index contributed by atoms with van der Waals surface area (Å²) in [5, 5.41) is 3.67. The van der Waals surface area contributed by atoms with Crippen LogP contribution >= 0.6 is 11.8 Å². The molecule has 0 aliphatic carbocycles. The van der Waals surface area contributed by atoms with Gasteiger partial charge in [-0.25, -0.2) is 0 Å². The van der Waals surface area contributed by atoms with E-state index in [4.69, 9.17) is 0 Å². The Morgan fingerprint density at radius 3 is 2.20 bits per heavy atom. The molecule has 1 N–H and O–H groups in total. The molecule has 0 aromatic carbocycles. The third kappa shape index (κ3) is 8.15. The summed E-state index contributed by atoms with van der Waals surface area (Å²) in [5.41, 5.74) is 0. The summed E-state index contributed by atoms with van der Waals surface area (Å²) in [4.78, 5) is 0. The average molecular weight is 231 g/mol. The summed E-state index contributed by atoms with van der Waals surface area (Å²) in [6, 6.07) is 0.707. The van der Waals surface area contributed by atoms with Gasteiger partial charge in [-0.15, -0.1) is 0 Å². The van der Waals surface area contributed by atoms with Crippen LogP contribution in [0.2, 0.25) is 0 Å². The van der Waals surface area contributed by atoms with Gasteiger partial charge in [0.1, 0.15) is 0 Å². The molecule has 0 rings (SSSR count). The second-order valence-corrected chi connectivity index (χ2v) is 5.95. The Hall–Kier alpha value is 0.310. The molecule has 1 nitrogen and oxygen atoms in total. The molecule has 0 saturated carbocycles. The van der Waals surface area contributed by atoms with Gasteiger partial charge in [0.2, 0.25) is 0 Å². The third-order valence-electron chi connectivity index (χ3n) is 2.74. The maximum Gasteiger partial charge on any atom is 0.0183 e. The predicted molar refractivity (Wildman–Crippen MR) is 73.7 cm³/mol. The van der Waals surface area contributed by atoms with Crippen molar-refractivity contribution in [2.45, 2.75) is 53.5 Å². The van der Waals surface area contributed by atoms with Crippen molar-refractivity contribution in [1.29, 1.82) is 0 Å². The van der Waals surface area contributed by atoms with E-state index in [0.29, 0.717) is 6.04 Å². The zero-order valence-corrected chi connectivity index (χ0v) is 12.0. The van der Waals surface area contributed by atoms with E-state index < -0.39 is 0 Å². The SMILES string of the molecule is CCCNC(CSCC(C)C)C(C)CC. The summed E-state index contributed by atoms with van der Waals surface area (Å²) < 4.78 is 0. The van der Waals surface area contributed by atoms with Gasteiger partial charge in [0.15, 0.2) is 0 Å².